The maximum atomic E-state index is 12.9. The molecule has 8 heteroatoms. The van der Waals surface area contributed by atoms with Crippen molar-refractivity contribution in [1.29, 1.82) is 0 Å². The fraction of sp³-hybridized carbons (Fsp3) is 0.385. The van der Waals surface area contributed by atoms with Gasteiger partial charge in [0.1, 0.15) is 5.82 Å². The number of anilines is 2. The lowest BCUT2D eigenvalue weighted by Gasteiger charge is -2.26. The first kappa shape index (κ1) is 13.7. The number of nitrogens with zero attached hydrogens (tertiary/aromatic N) is 3. The minimum atomic E-state index is -4.21. The molecule has 0 fully saturated rings. The van der Waals surface area contributed by atoms with Crippen molar-refractivity contribution in [3.8, 4) is 11.4 Å². The molecule has 0 radical (unpaired) electrons. The van der Waals surface area contributed by atoms with Crippen LogP contribution in [0.2, 0.25) is 0 Å². The van der Waals surface area contributed by atoms with Crippen LogP contribution >= 0.6 is 0 Å². The fourth-order valence-electron chi connectivity index (χ4n) is 2.61. The van der Waals surface area contributed by atoms with E-state index >= 15 is 0 Å². The molecule has 2 aromatic rings. The number of aryl methyl sites for hydroxylation is 1. The predicted molar refractivity (Wildman–Crippen MR) is 72.1 cm³/mol. The minimum Gasteiger partial charge on any atom is -0.399 e. The van der Waals surface area contributed by atoms with Crippen LogP contribution in [0.1, 0.15) is 12.2 Å². The third kappa shape index (κ3) is 2.53. The maximum absolute atomic E-state index is 12.9. The van der Waals surface area contributed by atoms with Crippen LogP contribution in [0, 0.1) is 5.92 Å². The van der Waals surface area contributed by atoms with Crippen LogP contribution in [0.3, 0.4) is 0 Å². The third-order valence-corrected chi connectivity index (χ3v) is 3.65. The Hall–Kier alpha value is -2.25. The maximum Gasteiger partial charge on any atom is 0.393 e. The molecular formula is C13H14F3N5. The molecule has 0 amide bonds. The van der Waals surface area contributed by atoms with Gasteiger partial charge in [-0.2, -0.15) is 13.2 Å². The largest absolute Gasteiger partial charge is 0.399 e. The number of halogens is 3. The van der Waals surface area contributed by atoms with E-state index in [-0.39, 0.29) is 19.4 Å². The highest BCUT2D eigenvalue weighted by Gasteiger charge is 2.42. The lowest BCUT2D eigenvalue weighted by atomic mass is 9.98. The van der Waals surface area contributed by atoms with Crippen molar-refractivity contribution in [3.63, 3.8) is 0 Å². The van der Waals surface area contributed by atoms with Crippen molar-refractivity contribution < 1.29 is 13.2 Å². The number of benzene rings is 1. The zero-order chi connectivity index (χ0) is 15.2. The molecule has 21 heavy (non-hydrogen) atoms. The molecule has 4 N–H and O–H groups in total. The van der Waals surface area contributed by atoms with Crippen molar-refractivity contribution >= 4 is 11.4 Å². The third-order valence-electron chi connectivity index (χ3n) is 3.65. The first-order valence-electron chi connectivity index (χ1n) is 6.50. The lowest BCUT2D eigenvalue weighted by Crippen LogP contribution is -2.32. The monoisotopic (exact) mass is 297 g/mol. The zero-order valence-corrected chi connectivity index (χ0v) is 11.1. The van der Waals surface area contributed by atoms with Crippen LogP contribution in [-0.2, 0) is 13.0 Å². The van der Waals surface area contributed by atoms with Crippen LogP contribution in [0.4, 0.5) is 24.5 Å². The first-order chi connectivity index (χ1) is 9.84. The molecule has 1 aromatic carbocycles. The highest BCUT2D eigenvalue weighted by molar-refractivity contribution is 5.68. The number of nitrogen functional groups attached to an aromatic ring is 2. The molecule has 1 aliphatic heterocycles. The van der Waals surface area contributed by atoms with Gasteiger partial charge in [-0.1, -0.05) is 0 Å². The average Bonchev–Trinajstić information content (AvgIpc) is 2.79. The van der Waals surface area contributed by atoms with Crippen LogP contribution in [0.5, 0.6) is 0 Å². The fourth-order valence-corrected chi connectivity index (χ4v) is 2.61. The van der Waals surface area contributed by atoms with E-state index in [1.165, 1.54) is 4.57 Å². The Balaban J connectivity index is 2.02. The summed E-state index contributed by atoms with van der Waals surface area (Å²) in [4.78, 5) is 0. The summed E-state index contributed by atoms with van der Waals surface area (Å²) in [6, 6.07) is 4.84. The molecule has 2 heterocycles. The second-order valence-corrected chi connectivity index (χ2v) is 5.22. The number of hydrogen-bond acceptors (Lipinski definition) is 4. The average molecular weight is 297 g/mol. The number of alkyl halides is 3. The molecule has 0 aliphatic carbocycles. The summed E-state index contributed by atoms with van der Waals surface area (Å²) in [5.74, 6) is -0.442. The van der Waals surface area contributed by atoms with Crippen molar-refractivity contribution in [3.05, 3.63) is 24.0 Å². The molecule has 112 valence electrons. The Morgan fingerprint density at radius 2 is 1.76 bits per heavy atom. The number of fused-ring (bicyclic) bond motifs is 1. The summed E-state index contributed by atoms with van der Waals surface area (Å²) in [5, 5.41) is 7.97. The van der Waals surface area contributed by atoms with Gasteiger partial charge >= 0.3 is 6.18 Å². The summed E-state index contributed by atoms with van der Waals surface area (Å²) in [6.07, 6.45) is -3.91. The van der Waals surface area contributed by atoms with Gasteiger partial charge in [0.2, 0.25) is 0 Å². The molecule has 3 rings (SSSR count). The predicted octanol–water partition coefficient (Wildman–Crippen LogP) is 2.23. The van der Waals surface area contributed by atoms with Gasteiger partial charge in [-0.15, -0.1) is 10.2 Å². The number of aromatic nitrogens is 3. The molecule has 1 atom stereocenters. The quantitative estimate of drug-likeness (QED) is 0.791. The summed E-state index contributed by atoms with van der Waals surface area (Å²) in [5.41, 5.74) is 12.9. The molecule has 0 saturated carbocycles. The SMILES string of the molecule is Nc1cc(N)cc(-c2nnc3n2CC(C(F)(F)F)CC3)c1. The van der Waals surface area contributed by atoms with Crippen molar-refractivity contribution in [2.75, 3.05) is 11.5 Å². The van der Waals surface area contributed by atoms with E-state index in [9.17, 15) is 13.2 Å². The Morgan fingerprint density at radius 1 is 1.10 bits per heavy atom. The summed E-state index contributed by atoms with van der Waals surface area (Å²) in [6.45, 7) is -0.171. The Morgan fingerprint density at radius 3 is 2.38 bits per heavy atom. The van der Waals surface area contributed by atoms with Gasteiger partial charge in [0.15, 0.2) is 5.82 Å². The van der Waals surface area contributed by atoms with Gasteiger partial charge in [-0.25, -0.2) is 0 Å². The number of hydrogen-bond donors (Lipinski definition) is 2. The highest BCUT2D eigenvalue weighted by atomic mass is 19.4. The van der Waals surface area contributed by atoms with Crippen LogP contribution in [0.25, 0.3) is 11.4 Å². The van der Waals surface area contributed by atoms with E-state index in [4.69, 9.17) is 11.5 Å². The highest BCUT2D eigenvalue weighted by Crippen LogP contribution is 2.36. The van der Waals surface area contributed by atoms with Gasteiger partial charge in [0, 0.05) is 29.9 Å². The summed E-state index contributed by atoms with van der Waals surface area (Å²) >= 11 is 0. The molecule has 1 aliphatic rings. The van der Waals surface area contributed by atoms with Crippen molar-refractivity contribution in [2.24, 2.45) is 5.92 Å². The molecule has 0 saturated heterocycles. The standard InChI is InChI=1S/C13H14F3N5/c14-13(15,16)8-1-2-11-19-20-12(21(11)6-8)7-3-9(17)5-10(18)4-7/h3-5,8H,1-2,6,17-18H2. The van der Waals surface area contributed by atoms with E-state index in [0.717, 1.165) is 0 Å². The van der Waals surface area contributed by atoms with Crippen LogP contribution in [0.15, 0.2) is 18.2 Å². The zero-order valence-electron chi connectivity index (χ0n) is 11.1. The van der Waals surface area contributed by atoms with Gasteiger partial charge in [-0.05, 0) is 24.6 Å². The minimum absolute atomic E-state index is 0.0424. The van der Waals surface area contributed by atoms with E-state index < -0.39 is 12.1 Å². The first-order valence-corrected chi connectivity index (χ1v) is 6.50. The van der Waals surface area contributed by atoms with Crippen LogP contribution in [-0.4, -0.2) is 20.9 Å². The van der Waals surface area contributed by atoms with Crippen molar-refractivity contribution in [2.45, 2.75) is 25.6 Å². The molecular weight excluding hydrogens is 283 g/mol. The normalized spacial score (nSPS) is 18.5. The Kier molecular flexibility index (Phi) is 3.03. The Bertz CT molecular complexity index is 657. The smallest absolute Gasteiger partial charge is 0.393 e. The molecule has 5 nitrogen and oxygen atoms in total. The number of nitrogens with two attached hydrogens (primary N) is 2. The van der Waals surface area contributed by atoms with Gasteiger partial charge < -0.3 is 16.0 Å². The molecule has 0 bridgehead atoms. The van der Waals surface area contributed by atoms with E-state index in [2.05, 4.69) is 10.2 Å². The molecule has 0 spiro atoms. The van der Waals surface area contributed by atoms with E-state index in [0.29, 0.717) is 28.6 Å². The van der Waals surface area contributed by atoms with Gasteiger partial charge in [0.05, 0.1) is 5.92 Å². The van der Waals surface area contributed by atoms with Gasteiger partial charge in [0.25, 0.3) is 0 Å². The van der Waals surface area contributed by atoms with E-state index in [1.807, 2.05) is 0 Å². The van der Waals surface area contributed by atoms with Gasteiger partial charge in [-0.3, -0.25) is 0 Å². The summed E-state index contributed by atoms with van der Waals surface area (Å²) in [7, 11) is 0. The molecule has 1 aromatic heterocycles. The lowest BCUT2D eigenvalue weighted by molar-refractivity contribution is -0.182. The second-order valence-electron chi connectivity index (χ2n) is 5.22. The molecule has 1 unspecified atom stereocenters. The second kappa shape index (κ2) is 4.64. The van der Waals surface area contributed by atoms with E-state index in [1.54, 1.807) is 18.2 Å². The Labute approximate surface area is 118 Å². The van der Waals surface area contributed by atoms with Crippen molar-refractivity contribution in [1.82, 2.24) is 14.8 Å². The number of rotatable bonds is 1. The van der Waals surface area contributed by atoms with Crippen LogP contribution < -0.4 is 11.5 Å². The topological polar surface area (TPSA) is 82.8 Å². The summed E-state index contributed by atoms with van der Waals surface area (Å²) < 4.78 is 40.2.